The number of halogens is 1. The molecule has 2 aromatic heterocycles. The van der Waals surface area contributed by atoms with E-state index in [4.69, 9.17) is 5.21 Å². The summed E-state index contributed by atoms with van der Waals surface area (Å²) in [7, 11) is 0. The molecule has 0 radical (unpaired) electrons. The van der Waals surface area contributed by atoms with Crippen LogP contribution in [0.1, 0.15) is 0 Å². The van der Waals surface area contributed by atoms with E-state index in [-0.39, 0.29) is 16.5 Å². The summed E-state index contributed by atoms with van der Waals surface area (Å²) < 4.78 is 2.40. The zero-order valence-electron chi connectivity index (χ0n) is 9.86. The van der Waals surface area contributed by atoms with Gasteiger partial charge in [-0.05, 0) is 41.9 Å². The van der Waals surface area contributed by atoms with Crippen molar-refractivity contribution < 1.29 is 5.21 Å². The highest BCUT2D eigenvalue weighted by molar-refractivity contribution is 9.10. The SMILES string of the molecule is O=c1c2cc(N([O-])O)cnc2sn1-c1ccc(Br)cc1. The zero-order valence-corrected chi connectivity index (χ0v) is 12.3. The van der Waals surface area contributed by atoms with Crippen LogP contribution in [0.5, 0.6) is 0 Å². The summed E-state index contributed by atoms with van der Waals surface area (Å²) in [5.74, 6) is 0. The lowest BCUT2D eigenvalue weighted by molar-refractivity contribution is 0.296. The van der Waals surface area contributed by atoms with Gasteiger partial charge in [-0.15, -0.1) is 0 Å². The van der Waals surface area contributed by atoms with Crippen molar-refractivity contribution in [2.24, 2.45) is 0 Å². The molecular weight excluding hydrogens is 346 g/mol. The molecule has 6 nitrogen and oxygen atoms in total. The zero-order chi connectivity index (χ0) is 14.3. The molecule has 2 heterocycles. The van der Waals surface area contributed by atoms with E-state index >= 15 is 0 Å². The molecule has 102 valence electrons. The van der Waals surface area contributed by atoms with Crippen LogP contribution in [0.3, 0.4) is 0 Å². The van der Waals surface area contributed by atoms with Crippen molar-refractivity contribution >= 4 is 43.4 Å². The Kier molecular flexibility index (Phi) is 3.30. The Hall–Kier alpha value is -1.74. The lowest BCUT2D eigenvalue weighted by atomic mass is 10.3. The number of pyridine rings is 1. The molecule has 3 rings (SSSR count). The highest BCUT2D eigenvalue weighted by atomic mass is 79.9. The Morgan fingerprint density at radius 1 is 1.35 bits per heavy atom. The molecule has 0 amide bonds. The Labute approximate surface area is 125 Å². The van der Waals surface area contributed by atoms with Crippen LogP contribution in [0, 0.1) is 5.21 Å². The quantitative estimate of drug-likeness (QED) is 0.717. The third-order valence-electron chi connectivity index (χ3n) is 2.71. The number of hydrogen-bond donors (Lipinski definition) is 1. The Balaban J connectivity index is 2.20. The van der Waals surface area contributed by atoms with Gasteiger partial charge >= 0.3 is 0 Å². The van der Waals surface area contributed by atoms with E-state index in [1.807, 2.05) is 12.1 Å². The van der Waals surface area contributed by atoms with E-state index in [1.165, 1.54) is 27.8 Å². The van der Waals surface area contributed by atoms with Crippen LogP contribution in [-0.2, 0) is 0 Å². The fraction of sp³-hybridized carbons (Fsp3) is 0. The minimum absolute atomic E-state index is 0.0737. The van der Waals surface area contributed by atoms with Crippen molar-refractivity contribution in [2.45, 2.75) is 0 Å². The van der Waals surface area contributed by atoms with Gasteiger partial charge in [-0.3, -0.25) is 10.0 Å². The van der Waals surface area contributed by atoms with Gasteiger partial charge in [0.25, 0.3) is 5.56 Å². The predicted octanol–water partition coefficient (Wildman–Crippen LogP) is 2.90. The fourth-order valence-electron chi connectivity index (χ4n) is 1.76. The Morgan fingerprint density at radius 3 is 2.70 bits per heavy atom. The monoisotopic (exact) mass is 352 g/mol. The molecule has 0 atom stereocenters. The lowest BCUT2D eigenvalue weighted by Crippen LogP contribution is -2.12. The third kappa shape index (κ3) is 2.22. The highest BCUT2D eigenvalue weighted by Crippen LogP contribution is 2.22. The van der Waals surface area contributed by atoms with Crippen molar-refractivity contribution in [3.05, 3.63) is 56.6 Å². The largest absolute Gasteiger partial charge is 0.733 e. The molecular formula is C12H7BrN3O3S-. The molecule has 3 aromatic rings. The number of fused-ring (bicyclic) bond motifs is 1. The van der Waals surface area contributed by atoms with Crippen molar-refractivity contribution in [3.63, 3.8) is 0 Å². The third-order valence-corrected chi connectivity index (χ3v) is 4.30. The summed E-state index contributed by atoms with van der Waals surface area (Å²) in [5.41, 5.74) is 0.365. The van der Waals surface area contributed by atoms with Crippen molar-refractivity contribution in [2.75, 3.05) is 5.23 Å². The summed E-state index contributed by atoms with van der Waals surface area (Å²) in [6, 6.07) is 8.58. The second-order valence-electron chi connectivity index (χ2n) is 3.99. The van der Waals surface area contributed by atoms with E-state index in [0.29, 0.717) is 15.9 Å². The Morgan fingerprint density at radius 2 is 2.05 bits per heavy atom. The van der Waals surface area contributed by atoms with Crippen LogP contribution < -0.4 is 10.8 Å². The van der Waals surface area contributed by atoms with Gasteiger partial charge in [-0.1, -0.05) is 15.9 Å². The van der Waals surface area contributed by atoms with E-state index in [0.717, 1.165) is 4.47 Å². The first-order valence-corrected chi connectivity index (χ1v) is 7.07. The molecule has 0 unspecified atom stereocenters. The number of nitrogens with zero attached hydrogens (tertiary/aromatic N) is 3. The number of hydrogen-bond acceptors (Lipinski definition) is 6. The number of anilines is 1. The average molecular weight is 353 g/mol. The maximum absolute atomic E-state index is 12.3. The predicted molar refractivity (Wildman–Crippen MR) is 80.5 cm³/mol. The van der Waals surface area contributed by atoms with Crippen LogP contribution in [0.25, 0.3) is 15.9 Å². The highest BCUT2D eigenvalue weighted by Gasteiger charge is 2.11. The van der Waals surface area contributed by atoms with E-state index in [1.54, 1.807) is 12.1 Å². The van der Waals surface area contributed by atoms with E-state index in [9.17, 15) is 10.0 Å². The first kappa shape index (κ1) is 13.3. The van der Waals surface area contributed by atoms with Crippen LogP contribution in [0.2, 0.25) is 0 Å². The molecule has 0 aliphatic heterocycles. The normalized spacial score (nSPS) is 10.9. The molecule has 0 saturated carbocycles. The van der Waals surface area contributed by atoms with Gasteiger partial charge in [0.1, 0.15) is 4.83 Å². The van der Waals surface area contributed by atoms with Crippen LogP contribution in [0.15, 0.2) is 45.8 Å². The maximum atomic E-state index is 12.3. The summed E-state index contributed by atoms with van der Waals surface area (Å²) in [5, 5.41) is 19.7. The molecule has 0 saturated heterocycles. The van der Waals surface area contributed by atoms with Gasteiger partial charge in [-0.2, -0.15) is 0 Å². The van der Waals surface area contributed by atoms with Crippen LogP contribution >= 0.6 is 27.5 Å². The first-order valence-electron chi connectivity index (χ1n) is 5.50. The van der Waals surface area contributed by atoms with Gasteiger partial charge < -0.3 is 10.4 Å². The number of benzene rings is 1. The van der Waals surface area contributed by atoms with Crippen LogP contribution in [0.4, 0.5) is 5.69 Å². The second-order valence-corrected chi connectivity index (χ2v) is 5.84. The van der Waals surface area contributed by atoms with Crippen molar-refractivity contribution in [3.8, 4) is 5.69 Å². The summed E-state index contributed by atoms with van der Waals surface area (Å²) in [4.78, 5) is 16.8. The molecule has 20 heavy (non-hydrogen) atoms. The standard InChI is InChI=1S/C12H7BrN3O3S/c13-7-1-3-8(4-2-7)15-12(17)10-5-9(16(18)19)6-14-11(10)20-15/h1-6,18H/q-1. The molecule has 8 heteroatoms. The topological polar surface area (TPSA) is 81.4 Å². The van der Waals surface area contributed by atoms with Gasteiger partial charge in [0.05, 0.1) is 23.0 Å². The molecule has 1 aromatic carbocycles. The van der Waals surface area contributed by atoms with Crippen molar-refractivity contribution in [1.82, 2.24) is 8.94 Å². The molecule has 0 fully saturated rings. The van der Waals surface area contributed by atoms with Gasteiger partial charge in [0, 0.05) is 4.47 Å². The lowest BCUT2D eigenvalue weighted by Gasteiger charge is -2.20. The second kappa shape index (κ2) is 4.98. The molecule has 0 bridgehead atoms. The molecule has 1 N–H and O–H groups in total. The van der Waals surface area contributed by atoms with Gasteiger partial charge in [0.15, 0.2) is 0 Å². The molecule has 0 aliphatic rings. The summed E-state index contributed by atoms with van der Waals surface area (Å²) in [6.07, 6.45) is 1.22. The van der Waals surface area contributed by atoms with Gasteiger partial charge in [0.2, 0.25) is 0 Å². The minimum atomic E-state index is -0.312. The fourth-order valence-corrected chi connectivity index (χ4v) is 2.95. The Bertz CT molecular complexity index is 826. The van der Waals surface area contributed by atoms with Crippen molar-refractivity contribution in [1.29, 1.82) is 0 Å². The average Bonchev–Trinajstić information content (AvgIpc) is 2.76. The summed E-state index contributed by atoms with van der Waals surface area (Å²) >= 11 is 4.51. The first-order chi connectivity index (χ1) is 9.56. The van der Waals surface area contributed by atoms with E-state index < -0.39 is 0 Å². The minimum Gasteiger partial charge on any atom is -0.733 e. The molecule has 0 aliphatic carbocycles. The smallest absolute Gasteiger partial charge is 0.274 e. The number of rotatable bonds is 2. The van der Waals surface area contributed by atoms with Gasteiger partial charge in [-0.25, -0.2) is 8.94 Å². The van der Waals surface area contributed by atoms with Crippen LogP contribution in [-0.4, -0.2) is 14.1 Å². The van der Waals surface area contributed by atoms with E-state index in [2.05, 4.69) is 20.9 Å². The maximum Gasteiger partial charge on any atom is 0.274 e. The number of aromatic nitrogens is 2. The molecule has 0 spiro atoms. The summed E-state index contributed by atoms with van der Waals surface area (Å²) in [6.45, 7) is 0.